The Morgan fingerprint density at radius 2 is 1.57 bits per heavy atom. The molecule has 5 heteroatoms. The maximum Gasteiger partial charge on any atom is 0.251 e. The number of nitrogens with one attached hydrogen (secondary N) is 2. The van der Waals surface area contributed by atoms with E-state index in [0.717, 1.165) is 22.6 Å². The normalized spacial score (nSPS) is 11.7. The quantitative estimate of drug-likeness (QED) is 0.687. The Hall–Kier alpha value is -3.34. The van der Waals surface area contributed by atoms with Crippen molar-refractivity contribution in [3.63, 3.8) is 0 Å². The van der Waals surface area contributed by atoms with Crippen LogP contribution >= 0.6 is 0 Å². The highest BCUT2D eigenvalue weighted by Crippen LogP contribution is 2.19. The van der Waals surface area contributed by atoms with Crippen molar-refractivity contribution in [2.45, 2.75) is 33.7 Å². The van der Waals surface area contributed by atoms with Gasteiger partial charge in [-0.25, -0.2) is 0 Å². The van der Waals surface area contributed by atoms with Crippen LogP contribution < -0.4 is 10.6 Å². The molecule has 144 valence electrons. The van der Waals surface area contributed by atoms with Gasteiger partial charge >= 0.3 is 0 Å². The highest BCUT2D eigenvalue weighted by molar-refractivity contribution is 5.94. The molecule has 1 atom stereocenters. The van der Waals surface area contributed by atoms with Gasteiger partial charge in [0.2, 0.25) is 5.91 Å². The number of rotatable bonds is 5. The monoisotopic (exact) mass is 375 g/mol. The predicted molar refractivity (Wildman–Crippen MR) is 112 cm³/mol. The van der Waals surface area contributed by atoms with Crippen molar-refractivity contribution in [1.29, 1.82) is 0 Å². The first-order valence-corrected chi connectivity index (χ1v) is 9.29. The van der Waals surface area contributed by atoms with Crippen molar-refractivity contribution >= 4 is 17.5 Å². The van der Waals surface area contributed by atoms with E-state index in [9.17, 15) is 9.59 Å². The maximum absolute atomic E-state index is 12.6. The van der Waals surface area contributed by atoms with Crippen LogP contribution in [0.2, 0.25) is 0 Å². The fraction of sp³-hybridized carbons (Fsp3) is 0.217. The highest BCUT2D eigenvalue weighted by Gasteiger charge is 2.13. The summed E-state index contributed by atoms with van der Waals surface area (Å²) in [6.45, 7) is 7.51. The van der Waals surface area contributed by atoms with E-state index in [1.54, 1.807) is 0 Å². The number of anilines is 1. The molecule has 0 aliphatic heterocycles. The van der Waals surface area contributed by atoms with Crippen LogP contribution in [0.4, 0.5) is 5.69 Å². The fourth-order valence-corrected chi connectivity index (χ4v) is 3.29. The topological polar surface area (TPSA) is 63.1 Å². The van der Waals surface area contributed by atoms with Gasteiger partial charge in [0.1, 0.15) is 0 Å². The molecule has 0 bridgehead atoms. The van der Waals surface area contributed by atoms with E-state index in [1.807, 2.05) is 55.5 Å². The molecular formula is C23H25N3O2. The Kier molecular flexibility index (Phi) is 5.64. The molecule has 0 aliphatic carbocycles. The van der Waals surface area contributed by atoms with Gasteiger partial charge in [-0.1, -0.05) is 12.1 Å². The SMILES string of the molecule is CC(=O)Nc1cccc(C(C)NC(=O)c2ccc(-n3c(C)ccc3C)cc2)c1. The van der Waals surface area contributed by atoms with E-state index in [4.69, 9.17) is 0 Å². The molecule has 2 N–H and O–H groups in total. The van der Waals surface area contributed by atoms with Crippen LogP contribution in [0.5, 0.6) is 0 Å². The van der Waals surface area contributed by atoms with Gasteiger partial charge in [-0.05, 0) is 74.9 Å². The zero-order valence-corrected chi connectivity index (χ0v) is 16.6. The second-order valence-corrected chi connectivity index (χ2v) is 7.00. The van der Waals surface area contributed by atoms with Gasteiger partial charge in [0, 0.05) is 35.2 Å². The van der Waals surface area contributed by atoms with Crippen molar-refractivity contribution in [3.05, 3.63) is 83.2 Å². The van der Waals surface area contributed by atoms with Crippen molar-refractivity contribution in [2.75, 3.05) is 5.32 Å². The maximum atomic E-state index is 12.6. The van der Waals surface area contributed by atoms with Gasteiger partial charge in [0.05, 0.1) is 6.04 Å². The largest absolute Gasteiger partial charge is 0.346 e. The average Bonchev–Trinajstić information content (AvgIpc) is 3.00. The number of amides is 2. The minimum Gasteiger partial charge on any atom is -0.346 e. The van der Waals surface area contributed by atoms with Gasteiger partial charge in [0.25, 0.3) is 5.91 Å². The number of carbonyl (C=O) groups excluding carboxylic acids is 2. The molecule has 28 heavy (non-hydrogen) atoms. The number of benzene rings is 2. The summed E-state index contributed by atoms with van der Waals surface area (Å²) >= 11 is 0. The van der Waals surface area contributed by atoms with E-state index in [-0.39, 0.29) is 17.9 Å². The van der Waals surface area contributed by atoms with Gasteiger partial charge in [0.15, 0.2) is 0 Å². The van der Waals surface area contributed by atoms with E-state index >= 15 is 0 Å². The van der Waals surface area contributed by atoms with Crippen molar-refractivity contribution in [1.82, 2.24) is 9.88 Å². The number of aryl methyl sites for hydroxylation is 2. The summed E-state index contributed by atoms with van der Waals surface area (Å²) in [7, 11) is 0. The van der Waals surface area contributed by atoms with Gasteiger partial charge in [-0.2, -0.15) is 0 Å². The molecule has 0 radical (unpaired) electrons. The molecule has 0 spiro atoms. The molecule has 3 rings (SSSR count). The molecule has 0 saturated carbocycles. The third-order valence-corrected chi connectivity index (χ3v) is 4.71. The Bertz CT molecular complexity index is 983. The molecule has 0 saturated heterocycles. The third kappa shape index (κ3) is 4.31. The minimum atomic E-state index is -0.185. The molecule has 0 fully saturated rings. The Morgan fingerprint density at radius 3 is 2.18 bits per heavy atom. The van der Waals surface area contributed by atoms with Crippen LogP contribution in [-0.2, 0) is 4.79 Å². The van der Waals surface area contributed by atoms with Crippen LogP contribution in [0.1, 0.15) is 47.2 Å². The molecule has 1 aromatic heterocycles. The smallest absolute Gasteiger partial charge is 0.251 e. The zero-order chi connectivity index (χ0) is 20.3. The number of hydrogen-bond donors (Lipinski definition) is 2. The molecule has 2 amide bonds. The molecule has 5 nitrogen and oxygen atoms in total. The summed E-state index contributed by atoms with van der Waals surface area (Å²) in [6, 6.07) is 19.0. The van der Waals surface area contributed by atoms with Crippen LogP contribution in [0.15, 0.2) is 60.7 Å². The Labute approximate surface area is 165 Å². The predicted octanol–water partition coefficient (Wildman–Crippen LogP) is 4.54. The Balaban J connectivity index is 1.72. The molecular weight excluding hydrogens is 350 g/mol. The van der Waals surface area contributed by atoms with Crippen molar-refractivity contribution in [3.8, 4) is 5.69 Å². The summed E-state index contributed by atoms with van der Waals surface area (Å²) < 4.78 is 2.15. The van der Waals surface area contributed by atoms with E-state index in [2.05, 4.69) is 41.2 Å². The minimum absolute atomic E-state index is 0.123. The number of hydrogen-bond acceptors (Lipinski definition) is 2. The second-order valence-electron chi connectivity index (χ2n) is 7.00. The van der Waals surface area contributed by atoms with E-state index in [0.29, 0.717) is 11.3 Å². The molecule has 3 aromatic rings. The third-order valence-electron chi connectivity index (χ3n) is 4.71. The van der Waals surface area contributed by atoms with Crippen molar-refractivity contribution < 1.29 is 9.59 Å². The first-order chi connectivity index (χ1) is 13.3. The lowest BCUT2D eigenvalue weighted by molar-refractivity contribution is -0.114. The van der Waals surface area contributed by atoms with Crippen LogP contribution in [0, 0.1) is 13.8 Å². The van der Waals surface area contributed by atoms with Gasteiger partial charge in [-0.3, -0.25) is 9.59 Å². The fourth-order valence-electron chi connectivity index (χ4n) is 3.29. The lowest BCUT2D eigenvalue weighted by Crippen LogP contribution is -2.26. The van der Waals surface area contributed by atoms with Crippen molar-refractivity contribution in [2.24, 2.45) is 0 Å². The summed E-state index contributed by atoms with van der Waals surface area (Å²) in [5.74, 6) is -0.257. The summed E-state index contributed by atoms with van der Waals surface area (Å²) in [4.78, 5) is 23.9. The van der Waals surface area contributed by atoms with Gasteiger partial charge < -0.3 is 15.2 Å². The van der Waals surface area contributed by atoms with E-state index < -0.39 is 0 Å². The first kappa shape index (κ1) is 19.4. The summed E-state index contributed by atoms with van der Waals surface area (Å²) in [5, 5.41) is 5.77. The average molecular weight is 375 g/mol. The standard InChI is InChI=1S/C23H25N3O2/c1-15-8-9-16(2)26(15)22-12-10-19(11-13-22)23(28)24-17(3)20-6-5-7-21(14-20)25-18(4)27/h5-14,17H,1-4H3,(H,24,28)(H,25,27). The van der Waals surface area contributed by atoms with Crippen LogP contribution in [-0.4, -0.2) is 16.4 Å². The highest BCUT2D eigenvalue weighted by atomic mass is 16.2. The molecule has 2 aromatic carbocycles. The molecule has 0 aliphatic rings. The lowest BCUT2D eigenvalue weighted by Gasteiger charge is -2.16. The molecule has 1 unspecified atom stereocenters. The molecule has 1 heterocycles. The van der Waals surface area contributed by atoms with Gasteiger partial charge in [-0.15, -0.1) is 0 Å². The number of aromatic nitrogens is 1. The summed E-state index contributed by atoms with van der Waals surface area (Å²) in [5.41, 5.74) is 5.59. The lowest BCUT2D eigenvalue weighted by atomic mass is 10.1. The number of carbonyl (C=O) groups is 2. The first-order valence-electron chi connectivity index (χ1n) is 9.29. The number of nitrogens with zero attached hydrogens (tertiary/aromatic N) is 1. The second kappa shape index (κ2) is 8.13. The summed E-state index contributed by atoms with van der Waals surface area (Å²) in [6.07, 6.45) is 0. The Morgan fingerprint density at radius 1 is 0.929 bits per heavy atom. The zero-order valence-electron chi connectivity index (χ0n) is 16.6. The van der Waals surface area contributed by atoms with Crippen LogP contribution in [0.25, 0.3) is 5.69 Å². The van der Waals surface area contributed by atoms with E-state index in [1.165, 1.54) is 6.92 Å². The van der Waals surface area contributed by atoms with Crippen LogP contribution in [0.3, 0.4) is 0 Å².